The molecule has 0 N–H and O–H groups in total. The number of hydrogen-bond acceptors (Lipinski definition) is 3. The van der Waals surface area contributed by atoms with Gasteiger partial charge in [-0.3, -0.25) is 4.98 Å². The fraction of sp³-hybridized carbons (Fsp3) is 0.500. The number of methoxy groups -OCH3 is 1. The second-order valence-electron chi connectivity index (χ2n) is 3.13. The molecule has 0 fully saturated rings. The van der Waals surface area contributed by atoms with E-state index >= 15 is 0 Å². The van der Waals surface area contributed by atoms with Gasteiger partial charge in [-0.25, -0.2) is 0 Å². The number of hydrogen-bond donors (Lipinski definition) is 0. The van der Waals surface area contributed by atoms with Crippen molar-refractivity contribution in [2.24, 2.45) is 0 Å². The third-order valence-corrected chi connectivity index (χ3v) is 2.41. The molecule has 0 saturated heterocycles. The van der Waals surface area contributed by atoms with Gasteiger partial charge in [0.15, 0.2) is 0 Å². The van der Waals surface area contributed by atoms with Gasteiger partial charge in [0, 0.05) is 38.0 Å². The summed E-state index contributed by atoms with van der Waals surface area (Å²) in [7, 11) is 3.78. The minimum absolute atomic E-state index is 0.797. The number of pyridine rings is 1. The molecular formula is C10H15BrN2O. The third kappa shape index (κ3) is 3.64. The van der Waals surface area contributed by atoms with E-state index in [1.54, 1.807) is 13.3 Å². The van der Waals surface area contributed by atoms with E-state index in [0.29, 0.717) is 0 Å². The maximum atomic E-state index is 5.00. The van der Waals surface area contributed by atoms with E-state index in [1.165, 1.54) is 0 Å². The number of halogens is 1. The van der Waals surface area contributed by atoms with Crippen molar-refractivity contribution in [3.8, 4) is 0 Å². The summed E-state index contributed by atoms with van der Waals surface area (Å²) in [4.78, 5) is 6.28. The maximum Gasteiger partial charge on any atom is 0.0561 e. The van der Waals surface area contributed by atoms with E-state index in [2.05, 4.69) is 38.9 Å². The third-order valence-electron chi connectivity index (χ3n) is 1.97. The largest absolute Gasteiger partial charge is 0.385 e. The van der Waals surface area contributed by atoms with Crippen LogP contribution in [0.3, 0.4) is 0 Å². The van der Waals surface area contributed by atoms with E-state index in [0.717, 1.165) is 29.7 Å². The van der Waals surface area contributed by atoms with Crippen LogP contribution in [0.15, 0.2) is 22.9 Å². The zero-order chi connectivity index (χ0) is 10.4. The van der Waals surface area contributed by atoms with Crippen LogP contribution in [0.2, 0.25) is 0 Å². The molecule has 78 valence electrons. The first-order chi connectivity index (χ1) is 6.74. The molecule has 1 aromatic rings. The Bertz CT molecular complexity index is 281. The highest BCUT2D eigenvalue weighted by Crippen LogP contribution is 2.16. The highest BCUT2D eigenvalue weighted by molar-refractivity contribution is 9.10. The second kappa shape index (κ2) is 5.98. The molecule has 0 aliphatic heterocycles. The highest BCUT2D eigenvalue weighted by Gasteiger charge is 2.00. The van der Waals surface area contributed by atoms with Gasteiger partial charge < -0.3 is 9.64 Å². The van der Waals surface area contributed by atoms with Gasteiger partial charge in [-0.1, -0.05) is 0 Å². The molecular weight excluding hydrogens is 244 g/mol. The van der Waals surface area contributed by atoms with Crippen molar-refractivity contribution in [3.05, 3.63) is 22.9 Å². The van der Waals surface area contributed by atoms with Gasteiger partial charge in [-0.15, -0.1) is 0 Å². The molecule has 0 atom stereocenters. The standard InChI is InChI=1S/C10H15BrN2O/c1-13(4-3-5-14-2)10-6-9(11)7-12-8-10/h6-8H,3-5H2,1-2H3. The summed E-state index contributed by atoms with van der Waals surface area (Å²) in [5.41, 5.74) is 1.12. The minimum atomic E-state index is 0.797. The van der Waals surface area contributed by atoms with Gasteiger partial charge in [0.05, 0.1) is 11.9 Å². The Morgan fingerprint density at radius 2 is 2.29 bits per heavy atom. The van der Waals surface area contributed by atoms with Crippen LogP contribution in [0.1, 0.15) is 6.42 Å². The lowest BCUT2D eigenvalue weighted by atomic mass is 10.3. The molecule has 0 unspecified atom stereocenters. The van der Waals surface area contributed by atoms with E-state index in [-0.39, 0.29) is 0 Å². The summed E-state index contributed by atoms with van der Waals surface area (Å²) in [5, 5.41) is 0. The normalized spacial score (nSPS) is 10.2. The van der Waals surface area contributed by atoms with Crippen molar-refractivity contribution >= 4 is 21.6 Å². The SMILES string of the molecule is COCCCN(C)c1cncc(Br)c1. The van der Waals surface area contributed by atoms with E-state index in [9.17, 15) is 0 Å². The number of ether oxygens (including phenoxy) is 1. The molecule has 3 nitrogen and oxygen atoms in total. The van der Waals surface area contributed by atoms with Crippen molar-refractivity contribution in [1.29, 1.82) is 0 Å². The first-order valence-electron chi connectivity index (χ1n) is 4.54. The van der Waals surface area contributed by atoms with Crippen molar-refractivity contribution in [3.63, 3.8) is 0 Å². The zero-order valence-corrected chi connectivity index (χ0v) is 10.1. The summed E-state index contributed by atoms with van der Waals surface area (Å²) in [5.74, 6) is 0. The molecule has 0 aliphatic rings. The van der Waals surface area contributed by atoms with Crippen LogP contribution in [0, 0.1) is 0 Å². The lowest BCUT2D eigenvalue weighted by molar-refractivity contribution is 0.196. The maximum absolute atomic E-state index is 5.00. The smallest absolute Gasteiger partial charge is 0.0561 e. The Kier molecular flexibility index (Phi) is 4.90. The van der Waals surface area contributed by atoms with E-state index < -0.39 is 0 Å². The molecule has 0 spiro atoms. The van der Waals surface area contributed by atoms with Crippen LogP contribution in [-0.2, 0) is 4.74 Å². The molecule has 1 aromatic heterocycles. The van der Waals surface area contributed by atoms with E-state index in [4.69, 9.17) is 4.74 Å². The Morgan fingerprint density at radius 1 is 1.50 bits per heavy atom. The van der Waals surface area contributed by atoms with E-state index in [1.807, 2.05) is 6.20 Å². The predicted molar refractivity (Wildman–Crippen MR) is 61.7 cm³/mol. The monoisotopic (exact) mass is 258 g/mol. The van der Waals surface area contributed by atoms with Gasteiger partial charge in [-0.2, -0.15) is 0 Å². The molecule has 14 heavy (non-hydrogen) atoms. The van der Waals surface area contributed by atoms with Gasteiger partial charge in [0.25, 0.3) is 0 Å². The lowest BCUT2D eigenvalue weighted by Gasteiger charge is -2.18. The van der Waals surface area contributed by atoms with Gasteiger partial charge in [0.1, 0.15) is 0 Å². The highest BCUT2D eigenvalue weighted by atomic mass is 79.9. The van der Waals surface area contributed by atoms with Crippen molar-refractivity contribution in [2.45, 2.75) is 6.42 Å². The van der Waals surface area contributed by atoms with Crippen LogP contribution in [0.25, 0.3) is 0 Å². The Hall–Kier alpha value is -0.610. The molecule has 0 saturated carbocycles. The van der Waals surface area contributed by atoms with Gasteiger partial charge >= 0.3 is 0 Å². The zero-order valence-electron chi connectivity index (χ0n) is 8.53. The van der Waals surface area contributed by atoms with Crippen LogP contribution >= 0.6 is 15.9 Å². The Balaban J connectivity index is 2.47. The van der Waals surface area contributed by atoms with Crippen molar-refractivity contribution < 1.29 is 4.74 Å². The molecule has 1 heterocycles. The molecule has 0 aromatic carbocycles. The topological polar surface area (TPSA) is 25.4 Å². The molecule has 0 aliphatic carbocycles. The second-order valence-corrected chi connectivity index (χ2v) is 4.04. The average molecular weight is 259 g/mol. The number of aromatic nitrogens is 1. The van der Waals surface area contributed by atoms with Crippen molar-refractivity contribution in [2.75, 3.05) is 32.2 Å². The van der Waals surface area contributed by atoms with Crippen LogP contribution in [-0.4, -0.2) is 32.3 Å². The molecule has 1 rings (SSSR count). The van der Waals surface area contributed by atoms with Gasteiger partial charge in [-0.05, 0) is 28.4 Å². The summed E-state index contributed by atoms with van der Waals surface area (Å²) in [6, 6.07) is 2.06. The molecule has 4 heteroatoms. The number of nitrogens with zero attached hydrogens (tertiary/aromatic N) is 2. The van der Waals surface area contributed by atoms with Crippen LogP contribution in [0.4, 0.5) is 5.69 Å². The molecule has 0 bridgehead atoms. The fourth-order valence-corrected chi connectivity index (χ4v) is 1.54. The predicted octanol–water partition coefficient (Wildman–Crippen LogP) is 2.32. The lowest BCUT2D eigenvalue weighted by Crippen LogP contribution is -2.19. The Labute approximate surface area is 93.2 Å². The average Bonchev–Trinajstić information content (AvgIpc) is 2.18. The van der Waals surface area contributed by atoms with Gasteiger partial charge in [0.2, 0.25) is 0 Å². The summed E-state index contributed by atoms with van der Waals surface area (Å²) >= 11 is 3.40. The molecule has 0 radical (unpaired) electrons. The molecule has 0 amide bonds. The first-order valence-corrected chi connectivity index (χ1v) is 5.34. The van der Waals surface area contributed by atoms with Crippen molar-refractivity contribution in [1.82, 2.24) is 4.98 Å². The Morgan fingerprint density at radius 3 is 2.93 bits per heavy atom. The minimum Gasteiger partial charge on any atom is -0.385 e. The quantitative estimate of drug-likeness (QED) is 0.759. The summed E-state index contributed by atoms with van der Waals surface area (Å²) in [6.45, 7) is 1.78. The number of anilines is 1. The van der Waals surface area contributed by atoms with Crippen LogP contribution in [0.5, 0.6) is 0 Å². The number of rotatable bonds is 5. The van der Waals surface area contributed by atoms with Crippen LogP contribution < -0.4 is 4.90 Å². The summed E-state index contributed by atoms with van der Waals surface area (Å²) < 4.78 is 6.01. The summed E-state index contributed by atoms with van der Waals surface area (Å²) in [6.07, 6.45) is 4.67. The first kappa shape index (κ1) is 11.5. The fourth-order valence-electron chi connectivity index (χ4n) is 1.18.